The van der Waals surface area contributed by atoms with Crippen molar-refractivity contribution in [3.05, 3.63) is 148 Å². The standard InChI is InChI=1S/C45H45N3O9S2/c49-37-25-36(26-39-12-7-21-58-39)44(52)48-41(24-32-13-17-34(18-14-32)33-10-5-2-6-11-33)45(53)47-40(23-30-8-3-1-4-9-30)42(50)27-35(43(51)46-29-59(54,55)56)22-31-15-19-38(20-16-31)57-28-37/h1-21,35-36,40-41H,22-29H2,(H,46,51)(H,47,53)(H,48,52)(H,54,55,56)/t35-,36+,40+,41+/m1/s1. The number of hydrogen-bond acceptors (Lipinski definition) is 9. The molecule has 0 aliphatic carbocycles. The first kappa shape index (κ1) is 42.6. The Hall–Kier alpha value is -5.96. The number of ketones is 2. The smallest absolute Gasteiger partial charge is 0.283 e. The van der Waals surface area contributed by atoms with Crippen molar-refractivity contribution in [2.45, 2.75) is 50.6 Å². The van der Waals surface area contributed by atoms with Crippen LogP contribution in [-0.2, 0) is 59.8 Å². The molecular formula is C45H45N3O9S2. The van der Waals surface area contributed by atoms with Crippen molar-refractivity contribution in [2.24, 2.45) is 11.8 Å². The highest BCUT2D eigenvalue weighted by Crippen LogP contribution is 2.23. The molecule has 14 heteroatoms. The molecule has 0 radical (unpaired) electrons. The molecule has 1 aromatic heterocycles. The lowest BCUT2D eigenvalue weighted by molar-refractivity contribution is -0.135. The summed E-state index contributed by atoms with van der Waals surface area (Å²) in [5.41, 5.74) is 4.02. The SMILES string of the molecule is O=C1COc2ccc(cc2)C[C@@H](C(=O)NCS(=O)(=O)O)CC(=O)[C@H](Cc2ccccc2)NC(=O)[C@H](Cc2ccc(-c3ccccc3)cc2)NC(=O)[C@H](Cc2cccs2)C1. The first-order valence-electron chi connectivity index (χ1n) is 19.2. The number of Topliss-reactive ketones (excluding diaryl/α,β-unsaturated/α-hetero) is 2. The molecule has 306 valence electrons. The second kappa shape index (κ2) is 20.1. The summed E-state index contributed by atoms with van der Waals surface area (Å²) in [5, 5.41) is 9.88. The van der Waals surface area contributed by atoms with Gasteiger partial charge in [0.1, 0.15) is 24.3 Å². The summed E-state index contributed by atoms with van der Waals surface area (Å²) < 4.78 is 38.2. The van der Waals surface area contributed by atoms with Crippen LogP contribution in [0.25, 0.3) is 11.1 Å². The summed E-state index contributed by atoms with van der Waals surface area (Å²) in [7, 11) is -4.57. The molecule has 4 N–H and O–H groups in total. The van der Waals surface area contributed by atoms with Gasteiger partial charge >= 0.3 is 0 Å². The Morgan fingerprint density at radius 3 is 1.98 bits per heavy atom. The Balaban J connectivity index is 1.35. The van der Waals surface area contributed by atoms with Gasteiger partial charge < -0.3 is 20.7 Å². The van der Waals surface area contributed by atoms with E-state index in [9.17, 15) is 36.9 Å². The summed E-state index contributed by atoms with van der Waals surface area (Å²) in [5.74, 6) is -5.43. The van der Waals surface area contributed by atoms with Crippen LogP contribution in [0.5, 0.6) is 5.75 Å². The zero-order valence-corrected chi connectivity index (χ0v) is 33.8. The third-order valence-electron chi connectivity index (χ3n) is 10.0. The number of benzene rings is 4. The molecule has 0 spiro atoms. The molecule has 2 bridgehead atoms. The third kappa shape index (κ3) is 13.0. The summed E-state index contributed by atoms with van der Waals surface area (Å²) in [6.45, 7) is -0.318. The van der Waals surface area contributed by atoms with Gasteiger partial charge in [-0.05, 0) is 70.7 Å². The highest BCUT2D eigenvalue weighted by molar-refractivity contribution is 7.85. The number of nitrogens with one attached hydrogen (secondary N) is 3. The Labute approximate surface area is 347 Å². The zero-order valence-electron chi connectivity index (χ0n) is 32.1. The van der Waals surface area contributed by atoms with Gasteiger partial charge in [0, 0.05) is 36.0 Å². The molecular weight excluding hydrogens is 791 g/mol. The first-order chi connectivity index (χ1) is 28.4. The molecule has 7 rings (SSSR count). The van der Waals surface area contributed by atoms with E-state index in [0.717, 1.165) is 27.1 Å². The summed E-state index contributed by atoms with van der Waals surface area (Å²) in [6.07, 6.45) is -0.203. The molecule has 4 aromatic carbocycles. The minimum absolute atomic E-state index is 0.00365. The van der Waals surface area contributed by atoms with Gasteiger partial charge in [0.2, 0.25) is 17.7 Å². The van der Waals surface area contributed by atoms with Crippen LogP contribution in [-0.4, -0.2) is 66.8 Å². The quantitative estimate of drug-likeness (QED) is 0.138. The minimum atomic E-state index is -4.57. The van der Waals surface area contributed by atoms with Crippen LogP contribution in [0.2, 0.25) is 0 Å². The number of thiophene rings is 1. The van der Waals surface area contributed by atoms with E-state index in [1.54, 1.807) is 48.5 Å². The van der Waals surface area contributed by atoms with E-state index in [1.807, 2.05) is 78.2 Å². The Morgan fingerprint density at radius 1 is 0.695 bits per heavy atom. The van der Waals surface area contributed by atoms with Gasteiger partial charge in [-0.3, -0.25) is 28.5 Å². The molecule has 0 fully saturated rings. The molecule has 0 unspecified atom stereocenters. The molecule has 5 aromatic rings. The van der Waals surface area contributed by atoms with Crippen molar-refractivity contribution >= 4 is 50.7 Å². The molecule has 2 aliphatic heterocycles. The van der Waals surface area contributed by atoms with Crippen molar-refractivity contribution < 1.29 is 41.7 Å². The van der Waals surface area contributed by atoms with Crippen molar-refractivity contribution in [3.8, 4) is 16.9 Å². The van der Waals surface area contributed by atoms with Gasteiger partial charge in [0.15, 0.2) is 11.6 Å². The van der Waals surface area contributed by atoms with E-state index < -0.39 is 69.8 Å². The topological polar surface area (TPSA) is 185 Å². The van der Waals surface area contributed by atoms with Crippen LogP contribution in [0.1, 0.15) is 34.4 Å². The zero-order chi connectivity index (χ0) is 41.8. The molecule has 0 saturated heterocycles. The van der Waals surface area contributed by atoms with Gasteiger partial charge in [-0.15, -0.1) is 11.3 Å². The van der Waals surface area contributed by atoms with E-state index in [2.05, 4.69) is 16.0 Å². The predicted molar refractivity (Wildman–Crippen MR) is 224 cm³/mol. The number of amides is 3. The van der Waals surface area contributed by atoms with E-state index in [4.69, 9.17) is 4.74 Å². The summed E-state index contributed by atoms with van der Waals surface area (Å²) in [4.78, 5) is 70.8. The lowest BCUT2D eigenvalue weighted by atomic mass is 9.89. The van der Waals surface area contributed by atoms with E-state index in [-0.39, 0.29) is 44.5 Å². The van der Waals surface area contributed by atoms with Crippen LogP contribution >= 0.6 is 11.3 Å². The van der Waals surface area contributed by atoms with Crippen molar-refractivity contribution in [1.82, 2.24) is 16.0 Å². The average Bonchev–Trinajstić information content (AvgIpc) is 3.75. The second-order valence-electron chi connectivity index (χ2n) is 14.6. The number of fused-ring (bicyclic) bond motifs is 16. The van der Waals surface area contributed by atoms with E-state index in [0.29, 0.717) is 11.3 Å². The van der Waals surface area contributed by atoms with Crippen LogP contribution in [0, 0.1) is 11.8 Å². The monoisotopic (exact) mass is 835 g/mol. The molecule has 3 heterocycles. The Morgan fingerprint density at radius 2 is 1.32 bits per heavy atom. The van der Waals surface area contributed by atoms with E-state index >= 15 is 0 Å². The predicted octanol–water partition coefficient (Wildman–Crippen LogP) is 5.16. The molecule has 59 heavy (non-hydrogen) atoms. The van der Waals surface area contributed by atoms with Gasteiger partial charge in [0.05, 0.1) is 6.04 Å². The van der Waals surface area contributed by atoms with Gasteiger partial charge in [-0.2, -0.15) is 8.42 Å². The Bertz CT molecular complexity index is 2320. The minimum Gasteiger partial charge on any atom is -0.486 e. The normalized spacial score (nSPS) is 19.7. The first-order valence-corrected chi connectivity index (χ1v) is 21.7. The molecule has 0 saturated carbocycles. The maximum absolute atomic E-state index is 14.5. The largest absolute Gasteiger partial charge is 0.486 e. The van der Waals surface area contributed by atoms with Crippen LogP contribution in [0.4, 0.5) is 0 Å². The highest BCUT2D eigenvalue weighted by atomic mass is 32.2. The maximum atomic E-state index is 14.5. The van der Waals surface area contributed by atoms with Crippen LogP contribution < -0.4 is 20.7 Å². The average molecular weight is 836 g/mol. The van der Waals surface area contributed by atoms with Crippen molar-refractivity contribution in [2.75, 3.05) is 12.5 Å². The molecule has 12 nitrogen and oxygen atoms in total. The fourth-order valence-electron chi connectivity index (χ4n) is 6.95. The second-order valence-corrected chi connectivity index (χ2v) is 17.1. The Kier molecular flexibility index (Phi) is 14.6. The number of hydrogen-bond donors (Lipinski definition) is 4. The summed E-state index contributed by atoms with van der Waals surface area (Å²) >= 11 is 1.45. The molecule has 3 amide bonds. The third-order valence-corrected chi connectivity index (χ3v) is 11.5. The van der Waals surface area contributed by atoms with Crippen LogP contribution in [0.3, 0.4) is 0 Å². The van der Waals surface area contributed by atoms with Crippen LogP contribution in [0.15, 0.2) is 127 Å². The van der Waals surface area contributed by atoms with Gasteiger partial charge in [-0.25, -0.2) is 0 Å². The number of carbonyl (C=O) groups is 5. The van der Waals surface area contributed by atoms with Gasteiger partial charge in [-0.1, -0.05) is 103 Å². The lowest BCUT2D eigenvalue weighted by Crippen LogP contribution is -2.54. The van der Waals surface area contributed by atoms with Gasteiger partial charge in [0.25, 0.3) is 10.1 Å². The molecule has 4 atom stereocenters. The maximum Gasteiger partial charge on any atom is 0.283 e. The number of rotatable bonds is 10. The number of ether oxygens (including phenoxy) is 1. The summed E-state index contributed by atoms with van der Waals surface area (Å²) in [6, 6.07) is 34.3. The highest BCUT2D eigenvalue weighted by Gasteiger charge is 2.33. The van der Waals surface area contributed by atoms with Crippen molar-refractivity contribution in [1.29, 1.82) is 0 Å². The van der Waals surface area contributed by atoms with Crippen molar-refractivity contribution in [3.63, 3.8) is 0 Å². The molecule has 2 aliphatic rings. The fraction of sp³-hybridized carbons (Fsp3) is 0.267. The number of carbonyl (C=O) groups excluding carboxylic acids is 5. The lowest BCUT2D eigenvalue weighted by Gasteiger charge is -2.26. The van der Waals surface area contributed by atoms with E-state index in [1.165, 1.54) is 11.3 Å². The fourth-order valence-corrected chi connectivity index (χ4v) is 8.06.